The summed E-state index contributed by atoms with van der Waals surface area (Å²) in [6, 6.07) is 3.17. The molecule has 2 bridgehead atoms. The molecule has 2 atom stereocenters. The van der Waals surface area contributed by atoms with Gasteiger partial charge in [-0.1, -0.05) is 0 Å². The molecule has 1 aromatic heterocycles. The monoisotopic (exact) mass is 354 g/mol. The zero-order chi connectivity index (χ0) is 17.5. The third-order valence-electron chi connectivity index (χ3n) is 4.30. The van der Waals surface area contributed by atoms with Gasteiger partial charge in [0.05, 0.1) is 0 Å². The van der Waals surface area contributed by atoms with Crippen molar-refractivity contribution in [2.45, 2.75) is 32.8 Å². The van der Waals surface area contributed by atoms with Crippen LogP contribution in [0, 0.1) is 11.8 Å². The van der Waals surface area contributed by atoms with Gasteiger partial charge in [-0.25, -0.2) is 4.79 Å². The maximum atomic E-state index is 12.5. The summed E-state index contributed by atoms with van der Waals surface area (Å²) in [5.74, 6) is 0.657. The molecule has 0 aliphatic carbocycles. The van der Waals surface area contributed by atoms with Crippen LogP contribution < -0.4 is 0 Å². The van der Waals surface area contributed by atoms with Crippen LogP contribution in [0.25, 0.3) is 0 Å². The van der Waals surface area contributed by atoms with Gasteiger partial charge in [0, 0.05) is 26.2 Å². The van der Waals surface area contributed by atoms with E-state index >= 15 is 0 Å². The van der Waals surface area contributed by atoms with Crippen molar-refractivity contribution in [2.24, 2.45) is 11.8 Å². The molecule has 24 heavy (non-hydrogen) atoms. The third-order valence-corrected chi connectivity index (χ3v) is 4.51. The second-order valence-corrected chi connectivity index (χ2v) is 8.04. The van der Waals surface area contributed by atoms with Gasteiger partial charge in [0.2, 0.25) is 0 Å². The molecule has 1 aromatic rings. The molecular weight excluding hydrogens is 332 g/mol. The molecule has 132 valence electrons. The summed E-state index contributed by atoms with van der Waals surface area (Å²) in [5, 5.41) is 0.214. The van der Waals surface area contributed by atoms with Gasteiger partial charge in [0.25, 0.3) is 5.91 Å². The molecule has 0 aromatic carbocycles. The van der Waals surface area contributed by atoms with Crippen molar-refractivity contribution in [3.05, 3.63) is 23.1 Å². The Morgan fingerprint density at radius 1 is 1.12 bits per heavy atom. The molecule has 0 unspecified atom stereocenters. The quantitative estimate of drug-likeness (QED) is 0.776. The van der Waals surface area contributed by atoms with Crippen LogP contribution in [-0.4, -0.2) is 53.6 Å². The Morgan fingerprint density at radius 3 is 2.21 bits per heavy atom. The summed E-state index contributed by atoms with van der Waals surface area (Å²) in [7, 11) is 0. The SMILES string of the molecule is CC(C)(C)OC(=O)N1C[C@H]2C[C@@H](C1)CN(C(=O)c1ccc(Cl)o1)C2. The minimum atomic E-state index is -0.496. The Bertz CT molecular complexity index is 623. The number of rotatable bonds is 1. The van der Waals surface area contributed by atoms with Crippen molar-refractivity contribution in [3.8, 4) is 0 Å². The van der Waals surface area contributed by atoms with Crippen molar-refractivity contribution in [2.75, 3.05) is 26.2 Å². The van der Waals surface area contributed by atoms with Crippen molar-refractivity contribution >= 4 is 23.6 Å². The zero-order valence-electron chi connectivity index (χ0n) is 14.3. The molecule has 3 heterocycles. The van der Waals surface area contributed by atoms with E-state index in [4.69, 9.17) is 20.8 Å². The topological polar surface area (TPSA) is 63.0 Å². The van der Waals surface area contributed by atoms with E-state index in [1.54, 1.807) is 21.9 Å². The normalized spacial score (nSPS) is 24.0. The van der Waals surface area contributed by atoms with Gasteiger partial charge >= 0.3 is 6.09 Å². The summed E-state index contributed by atoms with van der Waals surface area (Å²) in [5.41, 5.74) is -0.496. The molecular formula is C17H23ClN2O4. The molecule has 2 saturated heterocycles. The van der Waals surface area contributed by atoms with Gasteiger partial charge in [-0.3, -0.25) is 4.79 Å². The van der Waals surface area contributed by atoms with E-state index in [0.717, 1.165) is 6.42 Å². The first kappa shape index (κ1) is 17.1. The van der Waals surface area contributed by atoms with E-state index in [9.17, 15) is 9.59 Å². The molecule has 0 radical (unpaired) electrons. The number of hydrogen-bond acceptors (Lipinski definition) is 4. The predicted molar refractivity (Wildman–Crippen MR) is 89.0 cm³/mol. The Hall–Kier alpha value is -1.69. The number of furan rings is 1. The van der Waals surface area contributed by atoms with Gasteiger partial charge in [0.15, 0.2) is 11.0 Å². The maximum absolute atomic E-state index is 12.5. The van der Waals surface area contributed by atoms with Crippen LogP contribution in [0.15, 0.2) is 16.5 Å². The van der Waals surface area contributed by atoms with Gasteiger partial charge < -0.3 is 19.0 Å². The zero-order valence-corrected chi connectivity index (χ0v) is 15.0. The van der Waals surface area contributed by atoms with Gasteiger partial charge in [-0.15, -0.1) is 0 Å². The molecule has 3 rings (SSSR count). The van der Waals surface area contributed by atoms with Crippen molar-refractivity contribution in [3.63, 3.8) is 0 Å². The average Bonchev–Trinajstić information content (AvgIpc) is 2.90. The number of nitrogens with zero attached hydrogens (tertiary/aromatic N) is 2. The number of amides is 2. The molecule has 0 N–H and O–H groups in total. The first-order valence-corrected chi connectivity index (χ1v) is 8.61. The lowest BCUT2D eigenvalue weighted by atomic mass is 9.84. The second kappa shape index (κ2) is 6.31. The molecule has 2 amide bonds. The maximum Gasteiger partial charge on any atom is 0.410 e. The molecule has 7 heteroatoms. The Kier molecular flexibility index (Phi) is 4.51. The minimum absolute atomic E-state index is 0.137. The van der Waals surface area contributed by atoms with Crippen LogP contribution in [-0.2, 0) is 4.74 Å². The van der Waals surface area contributed by atoms with E-state index in [2.05, 4.69) is 0 Å². The number of fused-ring (bicyclic) bond motifs is 2. The fourth-order valence-corrected chi connectivity index (χ4v) is 3.65. The second-order valence-electron chi connectivity index (χ2n) is 7.67. The average molecular weight is 355 g/mol. The standard InChI is InChI=1S/C17H23ClN2O4/c1-17(2,3)24-16(22)20-9-11-6-12(10-20)8-19(7-11)15(21)13-4-5-14(18)23-13/h4-5,11-12H,6-10H2,1-3H3/t11-,12+. The number of hydrogen-bond donors (Lipinski definition) is 0. The number of carbonyl (C=O) groups is 2. The summed E-state index contributed by atoms with van der Waals surface area (Å²) >= 11 is 5.75. The smallest absolute Gasteiger partial charge is 0.410 e. The van der Waals surface area contributed by atoms with Crippen LogP contribution in [0.1, 0.15) is 37.7 Å². The molecule has 2 aliphatic rings. The first-order chi connectivity index (χ1) is 11.2. The van der Waals surface area contributed by atoms with E-state index in [-0.39, 0.29) is 34.8 Å². The molecule has 0 spiro atoms. The molecule has 0 saturated carbocycles. The highest BCUT2D eigenvalue weighted by Crippen LogP contribution is 2.30. The van der Waals surface area contributed by atoms with Crippen LogP contribution in [0.3, 0.4) is 0 Å². The molecule has 6 nitrogen and oxygen atoms in total. The van der Waals surface area contributed by atoms with Gasteiger partial charge in [-0.2, -0.15) is 0 Å². The highest BCUT2D eigenvalue weighted by molar-refractivity contribution is 6.29. The van der Waals surface area contributed by atoms with E-state index in [1.807, 2.05) is 20.8 Å². The van der Waals surface area contributed by atoms with Crippen molar-refractivity contribution in [1.29, 1.82) is 0 Å². The predicted octanol–water partition coefficient (Wildman–Crippen LogP) is 3.26. The number of ether oxygens (including phenoxy) is 1. The van der Waals surface area contributed by atoms with Crippen molar-refractivity contribution in [1.82, 2.24) is 9.80 Å². The summed E-state index contributed by atoms with van der Waals surface area (Å²) in [6.07, 6.45) is 0.761. The van der Waals surface area contributed by atoms with E-state index in [0.29, 0.717) is 26.2 Å². The fraction of sp³-hybridized carbons (Fsp3) is 0.647. The van der Waals surface area contributed by atoms with E-state index in [1.165, 1.54) is 0 Å². The highest BCUT2D eigenvalue weighted by Gasteiger charge is 2.39. The van der Waals surface area contributed by atoms with E-state index < -0.39 is 5.60 Å². The summed E-state index contributed by atoms with van der Waals surface area (Å²) < 4.78 is 10.7. The lowest BCUT2D eigenvalue weighted by Crippen LogP contribution is -2.55. The first-order valence-electron chi connectivity index (χ1n) is 8.24. The molecule has 2 fully saturated rings. The lowest BCUT2D eigenvalue weighted by Gasteiger charge is -2.45. The van der Waals surface area contributed by atoms with Crippen LogP contribution in [0.4, 0.5) is 4.79 Å². The Labute approximate surface area is 146 Å². The third kappa shape index (κ3) is 3.86. The fourth-order valence-electron chi connectivity index (χ4n) is 3.51. The van der Waals surface area contributed by atoms with Crippen molar-refractivity contribution < 1.29 is 18.7 Å². The van der Waals surface area contributed by atoms with Gasteiger partial charge in [-0.05, 0) is 62.8 Å². The lowest BCUT2D eigenvalue weighted by molar-refractivity contribution is -0.00762. The number of carbonyl (C=O) groups excluding carboxylic acids is 2. The van der Waals surface area contributed by atoms with Crippen LogP contribution >= 0.6 is 11.6 Å². The van der Waals surface area contributed by atoms with Crippen LogP contribution in [0.5, 0.6) is 0 Å². The number of piperidine rings is 2. The summed E-state index contributed by atoms with van der Waals surface area (Å²) in [6.45, 7) is 8.07. The molecule has 2 aliphatic heterocycles. The summed E-state index contributed by atoms with van der Waals surface area (Å²) in [4.78, 5) is 28.4. The highest BCUT2D eigenvalue weighted by atomic mass is 35.5. The Balaban J connectivity index is 1.63. The van der Waals surface area contributed by atoms with Gasteiger partial charge in [0.1, 0.15) is 5.60 Å². The number of likely N-dealkylation sites (tertiary alicyclic amines) is 2. The number of halogens is 1. The Morgan fingerprint density at radius 2 is 1.71 bits per heavy atom. The van der Waals surface area contributed by atoms with Crippen LogP contribution in [0.2, 0.25) is 5.22 Å². The largest absolute Gasteiger partial charge is 0.444 e. The minimum Gasteiger partial charge on any atom is -0.444 e.